The third kappa shape index (κ3) is 3.41. The van der Waals surface area contributed by atoms with E-state index in [1.807, 2.05) is 30.3 Å². The summed E-state index contributed by atoms with van der Waals surface area (Å²) >= 11 is 0. The summed E-state index contributed by atoms with van der Waals surface area (Å²) in [5, 5.41) is 9.19. The molecule has 6 heteroatoms. The van der Waals surface area contributed by atoms with Crippen LogP contribution in [0.25, 0.3) is 0 Å². The fraction of sp³-hybridized carbons (Fsp3) is 0.353. The van der Waals surface area contributed by atoms with Gasteiger partial charge in [0.05, 0.1) is 12.5 Å². The lowest BCUT2D eigenvalue weighted by atomic mass is 9.98. The lowest BCUT2D eigenvalue weighted by Crippen LogP contribution is -2.42. The van der Waals surface area contributed by atoms with E-state index in [2.05, 4.69) is 4.98 Å². The van der Waals surface area contributed by atoms with Gasteiger partial charge in [-0.25, -0.2) is 4.98 Å². The van der Waals surface area contributed by atoms with Crippen LogP contribution >= 0.6 is 0 Å². The van der Waals surface area contributed by atoms with Crippen LogP contribution in [0.1, 0.15) is 18.4 Å². The zero-order valence-corrected chi connectivity index (χ0v) is 12.8. The first-order valence-corrected chi connectivity index (χ1v) is 7.72. The first-order valence-electron chi connectivity index (χ1n) is 7.72. The zero-order chi connectivity index (χ0) is 16.2. The van der Waals surface area contributed by atoms with Crippen LogP contribution in [0, 0.1) is 5.92 Å². The fourth-order valence-electron chi connectivity index (χ4n) is 2.93. The molecule has 120 valence electrons. The molecule has 3 rings (SSSR count). The minimum Gasteiger partial charge on any atom is -0.481 e. The molecule has 2 aromatic rings. The van der Waals surface area contributed by atoms with Crippen LogP contribution in [0.2, 0.25) is 0 Å². The lowest BCUT2D eigenvalue weighted by molar-refractivity contribution is -0.141. The summed E-state index contributed by atoms with van der Waals surface area (Å²) in [6.45, 7) is 1.49. The number of hydrogen-bond donors (Lipinski definition) is 1. The first-order chi connectivity index (χ1) is 11.1. The maximum Gasteiger partial charge on any atom is 0.308 e. The molecule has 1 aromatic carbocycles. The van der Waals surface area contributed by atoms with Crippen molar-refractivity contribution in [2.24, 2.45) is 5.92 Å². The molecule has 1 fully saturated rings. The molecule has 1 N–H and O–H groups in total. The van der Waals surface area contributed by atoms with Gasteiger partial charge >= 0.3 is 5.97 Å². The van der Waals surface area contributed by atoms with E-state index in [1.54, 1.807) is 21.9 Å². The number of carbonyl (C=O) groups is 1. The molecule has 1 saturated heterocycles. The Morgan fingerprint density at radius 1 is 1.30 bits per heavy atom. The standard InChI is InChI=1S/C17H19N3O3/c21-16-15(19-9-4-7-14(12-19)17(22)23)18-8-10-20(16)11-13-5-2-1-3-6-13/h1-3,5-6,8,10,14H,4,7,9,11-12H2,(H,22,23)/t14-/m0/s1. The highest BCUT2D eigenvalue weighted by atomic mass is 16.4. The summed E-state index contributed by atoms with van der Waals surface area (Å²) < 4.78 is 1.61. The van der Waals surface area contributed by atoms with E-state index in [0.717, 1.165) is 12.0 Å². The highest BCUT2D eigenvalue weighted by Crippen LogP contribution is 2.19. The third-order valence-electron chi connectivity index (χ3n) is 4.16. The summed E-state index contributed by atoms with van der Waals surface area (Å²) in [6.07, 6.45) is 4.67. The highest BCUT2D eigenvalue weighted by Gasteiger charge is 2.27. The van der Waals surface area contributed by atoms with Gasteiger partial charge in [0.2, 0.25) is 0 Å². The van der Waals surface area contributed by atoms with E-state index in [4.69, 9.17) is 0 Å². The summed E-state index contributed by atoms with van der Waals surface area (Å²) in [5.74, 6) is -0.905. The van der Waals surface area contributed by atoms with Crippen molar-refractivity contribution >= 4 is 11.8 Å². The molecule has 0 unspecified atom stereocenters. The molecule has 1 aliphatic rings. The van der Waals surface area contributed by atoms with E-state index in [-0.39, 0.29) is 5.56 Å². The van der Waals surface area contributed by atoms with Crippen LogP contribution in [0.5, 0.6) is 0 Å². The van der Waals surface area contributed by atoms with Crippen LogP contribution in [-0.2, 0) is 11.3 Å². The molecular weight excluding hydrogens is 294 g/mol. The van der Waals surface area contributed by atoms with Gasteiger partial charge in [-0.05, 0) is 18.4 Å². The first kappa shape index (κ1) is 15.3. The van der Waals surface area contributed by atoms with Crippen molar-refractivity contribution in [2.75, 3.05) is 18.0 Å². The number of carboxylic acids is 1. The maximum atomic E-state index is 12.7. The molecule has 0 bridgehead atoms. The van der Waals surface area contributed by atoms with E-state index in [1.165, 1.54) is 0 Å². The quantitative estimate of drug-likeness (QED) is 0.928. The van der Waals surface area contributed by atoms with Gasteiger partial charge in [0.15, 0.2) is 5.82 Å². The number of anilines is 1. The molecular formula is C17H19N3O3. The molecule has 1 atom stereocenters. The number of aromatic nitrogens is 2. The van der Waals surface area contributed by atoms with Crippen molar-refractivity contribution < 1.29 is 9.90 Å². The largest absolute Gasteiger partial charge is 0.481 e. The van der Waals surface area contributed by atoms with Crippen LogP contribution < -0.4 is 10.5 Å². The van der Waals surface area contributed by atoms with Crippen LogP contribution in [0.15, 0.2) is 47.5 Å². The van der Waals surface area contributed by atoms with E-state index < -0.39 is 11.9 Å². The van der Waals surface area contributed by atoms with Crippen molar-refractivity contribution in [3.05, 3.63) is 58.6 Å². The fourth-order valence-corrected chi connectivity index (χ4v) is 2.93. The van der Waals surface area contributed by atoms with Gasteiger partial charge in [0.25, 0.3) is 5.56 Å². The Balaban J connectivity index is 1.85. The van der Waals surface area contributed by atoms with Crippen LogP contribution in [-0.4, -0.2) is 33.7 Å². The molecule has 2 heterocycles. The van der Waals surface area contributed by atoms with E-state index in [9.17, 15) is 14.7 Å². The number of hydrogen-bond acceptors (Lipinski definition) is 4. The predicted molar refractivity (Wildman–Crippen MR) is 86.6 cm³/mol. The Labute approximate surface area is 134 Å². The Hall–Kier alpha value is -2.63. The maximum absolute atomic E-state index is 12.7. The number of nitrogens with zero attached hydrogens (tertiary/aromatic N) is 3. The van der Waals surface area contributed by atoms with Gasteiger partial charge < -0.3 is 14.6 Å². The molecule has 0 spiro atoms. The monoisotopic (exact) mass is 313 g/mol. The summed E-state index contributed by atoms with van der Waals surface area (Å²) in [6, 6.07) is 9.74. The lowest BCUT2D eigenvalue weighted by Gasteiger charge is -2.31. The summed E-state index contributed by atoms with van der Waals surface area (Å²) in [5.41, 5.74) is 0.858. The Bertz CT molecular complexity index is 742. The number of aliphatic carboxylic acids is 1. The Morgan fingerprint density at radius 2 is 2.09 bits per heavy atom. The van der Waals surface area contributed by atoms with Crippen molar-refractivity contribution in [2.45, 2.75) is 19.4 Å². The average Bonchev–Trinajstić information content (AvgIpc) is 2.58. The smallest absolute Gasteiger partial charge is 0.308 e. The van der Waals surface area contributed by atoms with Gasteiger partial charge in [-0.3, -0.25) is 9.59 Å². The van der Waals surface area contributed by atoms with Gasteiger partial charge in [0, 0.05) is 25.5 Å². The average molecular weight is 313 g/mol. The molecule has 0 radical (unpaired) electrons. The van der Waals surface area contributed by atoms with E-state index in [0.29, 0.717) is 31.9 Å². The third-order valence-corrected chi connectivity index (χ3v) is 4.16. The Morgan fingerprint density at radius 3 is 2.83 bits per heavy atom. The molecule has 23 heavy (non-hydrogen) atoms. The van der Waals surface area contributed by atoms with Crippen molar-refractivity contribution in [3.63, 3.8) is 0 Å². The SMILES string of the molecule is O=C(O)[C@H]1CCCN(c2nccn(Cc3ccccc3)c2=O)C1. The zero-order valence-electron chi connectivity index (χ0n) is 12.8. The number of carboxylic acid groups (broad SMARTS) is 1. The minimum atomic E-state index is -0.810. The summed E-state index contributed by atoms with van der Waals surface area (Å²) in [4.78, 5) is 29.8. The summed E-state index contributed by atoms with van der Waals surface area (Å²) in [7, 11) is 0. The van der Waals surface area contributed by atoms with Gasteiger partial charge in [-0.15, -0.1) is 0 Å². The molecule has 0 amide bonds. The van der Waals surface area contributed by atoms with Crippen molar-refractivity contribution in [1.29, 1.82) is 0 Å². The second kappa shape index (κ2) is 6.64. The van der Waals surface area contributed by atoms with Gasteiger partial charge in [0.1, 0.15) is 0 Å². The molecule has 6 nitrogen and oxygen atoms in total. The molecule has 0 saturated carbocycles. The number of rotatable bonds is 4. The second-order valence-electron chi connectivity index (χ2n) is 5.79. The van der Waals surface area contributed by atoms with Gasteiger partial charge in [-0.2, -0.15) is 0 Å². The predicted octanol–water partition coefficient (Wildman–Crippen LogP) is 1.59. The van der Waals surface area contributed by atoms with E-state index >= 15 is 0 Å². The van der Waals surface area contributed by atoms with Crippen LogP contribution in [0.4, 0.5) is 5.82 Å². The molecule has 0 aliphatic carbocycles. The van der Waals surface area contributed by atoms with Crippen molar-refractivity contribution in [3.8, 4) is 0 Å². The van der Waals surface area contributed by atoms with Gasteiger partial charge in [-0.1, -0.05) is 30.3 Å². The molecule has 1 aliphatic heterocycles. The number of piperidine rings is 1. The van der Waals surface area contributed by atoms with Crippen molar-refractivity contribution in [1.82, 2.24) is 9.55 Å². The Kier molecular flexibility index (Phi) is 4.41. The van der Waals surface area contributed by atoms with Crippen LogP contribution in [0.3, 0.4) is 0 Å². The highest BCUT2D eigenvalue weighted by molar-refractivity contribution is 5.71. The second-order valence-corrected chi connectivity index (χ2v) is 5.79. The number of benzene rings is 1. The normalized spacial score (nSPS) is 17.9. The molecule has 1 aromatic heterocycles. The minimum absolute atomic E-state index is 0.178. The topological polar surface area (TPSA) is 75.4 Å².